The molecular weight excluding hydrogens is 384 g/mol. The Bertz CT molecular complexity index is 782. The normalized spacial score (nSPS) is 17.1. The number of amides is 3. The van der Waals surface area contributed by atoms with Gasteiger partial charge in [0.1, 0.15) is 17.7 Å². The second-order valence-corrected chi connectivity index (χ2v) is 8.61. The molecule has 1 aliphatic heterocycles. The lowest BCUT2D eigenvalue weighted by molar-refractivity contribution is -0.140. The zero-order valence-corrected chi connectivity index (χ0v) is 18.4. The lowest BCUT2D eigenvalue weighted by Gasteiger charge is -2.29. The molecule has 8 nitrogen and oxygen atoms in total. The molecule has 2 rings (SSSR count). The van der Waals surface area contributed by atoms with E-state index in [0.29, 0.717) is 31.5 Å². The molecule has 0 aliphatic carbocycles. The number of carbonyl (C=O) groups excluding carboxylic acids is 3. The van der Waals surface area contributed by atoms with Crippen LogP contribution in [0.3, 0.4) is 0 Å². The summed E-state index contributed by atoms with van der Waals surface area (Å²) >= 11 is 0. The van der Waals surface area contributed by atoms with E-state index in [9.17, 15) is 14.4 Å². The van der Waals surface area contributed by atoms with Crippen LogP contribution in [0.2, 0.25) is 0 Å². The molecule has 0 spiro atoms. The van der Waals surface area contributed by atoms with Crippen molar-refractivity contribution in [2.45, 2.75) is 71.6 Å². The number of hydrogen-bond donors (Lipinski definition) is 2. The van der Waals surface area contributed by atoms with E-state index in [4.69, 9.17) is 4.74 Å². The molecule has 164 valence electrons. The Morgan fingerprint density at radius 3 is 2.47 bits per heavy atom. The average Bonchev–Trinajstić information content (AvgIpc) is 3.14. The van der Waals surface area contributed by atoms with Crippen LogP contribution in [0.15, 0.2) is 35.4 Å². The van der Waals surface area contributed by atoms with Crippen molar-refractivity contribution in [3.8, 4) is 0 Å². The van der Waals surface area contributed by atoms with Gasteiger partial charge in [0, 0.05) is 18.7 Å². The summed E-state index contributed by atoms with van der Waals surface area (Å²) in [7, 11) is 0. The van der Waals surface area contributed by atoms with E-state index in [0.717, 1.165) is 5.56 Å². The third-order valence-electron chi connectivity index (χ3n) is 4.50. The molecule has 30 heavy (non-hydrogen) atoms. The highest BCUT2D eigenvalue weighted by Gasteiger charge is 2.38. The number of rotatable bonds is 6. The summed E-state index contributed by atoms with van der Waals surface area (Å²) in [4.78, 5) is 39.8. The van der Waals surface area contributed by atoms with E-state index in [1.54, 1.807) is 34.6 Å². The summed E-state index contributed by atoms with van der Waals surface area (Å²) in [5.74, 6) is -0.627. The maximum absolute atomic E-state index is 13.3. The number of hydrogen-bond acceptors (Lipinski definition) is 5. The number of nitrogens with one attached hydrogen (secondary N) is 2. The fourth-order valence-corrected chi connectivity index (χ4v) is 3.24. The minimum Gasteiger partial charge on any atom is -0.444 e. The highest BCUT2D eigenvalue weighted by molar-refractivity contribution is 5.92. The minimum absolute atomic E-state index is 0.302. The Hall–Kier alpha value is -2.90. The number of nitrogens with zero attached hydrogens (tertiary/aromatic N) is 2. The summed E-state index contributed by atoms with van der Waals surface area (Å²) < 4.78 is 5.34. The molecule has 1 aromatic carbocycles. The monoisotopic (exact) mass is 416 g/mol. The molecule has 8 heteroatoms. The summed E-state index contributed by atoms with van der Waals surface area (Å²) in [6, 6.07) is 7.97. The minimum atomic E-state index is -0.841. The molecule has 0 saturated carbocycles. The van der Waals surface area contributed by atoms with E-state index < -0.39 is 23.8 Å². The SMILES string of the molecule is CC(C)=NNC(=O)C1CCCN1C(=O)C(Cc1ccccc1)NC(=O)OC(C)(C)C. The zero-order valence-electron chi connectivity index (χ0n) is 18.4. The predicted molar refractivity (Wildman–Crippen MR) is 115 cm³/mol. The molecular formula is C22H32N4O4. The lowest BCUT2D eigenvalue weighted by atomic mass is 10.0. The molecule has 0 aromatic heterocycles. The molecule has 0 radical (unpaired) electrons. The van der Waals surface area contributed by atoms with Crippen molar-refractivity contribution in [3.05, 3.63) is 35.9 Å². The largest absolute Gasteiger partial charge is 0.444 e. The Morgan fingerprint density at radius 2 is 1.87 bits per heavy atom. The summed E-state index contributed by atoms with van der Waals surface area (Å²) in [6.45, 7) is 9.29. The molecule has 3 amide bonds. The van der Waals surface area contributed by atoms with Gasteiger partial charge in [-0.3, -0.25) is 9.59 Å². The van der Waals surface area contributed by atoms with Gasteiger partial charge in [-0.05, 0) is 53.0 Å². The molecule has 1 aromatic rings. The van der Waals surface area contributed by atoms with Crippen molar-refractivity contribution in [1.29, 1.82) is 0 Å². The summed E-state index contributed by atoms with van der Waals surface area (Å²) in [5.41, 5.74) is 3.45. The number of alkyl carbamates (subject to hydrolysis) is 1. The fraction of sp³-hybridized carbons (Fsp3) is 0.545. The van der Waals surface area contributed by atoms with Gasteiger partial charge in [-0.2, -0.15) is 5.10 Å². The van der Waals surface area contributed by atoms with Crippen LogP contribution >= 0.6 is 0 Å². The zero-order chi connectivity index (χ0) is 22.3. The lowest BCUT2D eigenvalue weighted by Crippen LogP contribution is -2.54. The van der Waals surface area contributed by atoms with Gasteiger partial charge in [0.25, 0.3) is 5.91 Å². The van der Waals surface area contributed by atoms with Crippen molar-refractivity contribution in [2.24, 2.45) is 5.10 Å². The third-order valence-corrected chi connectivity index (χ3v) is 4.50. The predicted octanol–water partition coefficient (Wildman–Crippen LogP) is 2.63. The maximum atomic E-state index is 13.3. The van der Waals surface area contributed by atoms with Crippen LogP contribution in [0, 0.1) is 0 Å². The first-order chi connectivity index (χ1) is 14.1. The fourth-order valence-electron chi connectivity index (χ4n) is 3.24. The van der Waals surface area contributed by atoms with Gasteiger partial charge in [0.05, 0.1) is 0 Å². The van der Waals surface area contributed by atoms with Crippen LogP contribution in [-0.2, 0) is 20.7 Å². The number of likely N-dealkylation sites (tertiary alicyclic amines) is 1. The first-order valence-corrected chi connectivity index (χ1v) is 10.2. The van der Waals surface area contributed by atoms with Gasteiger partial charge in [0.2, 0.25) is 5.91 Å². The van der Waals surface area contributed by atoms with Crippen LogP contribution in [0.25, 0.3) is 0 Å². The van der Waals surface area contributed by atoms with Crippen molar-refractivity contribution in [2.75, 3.05) is 6.54 Å². The number of ether oxygens (including phenoxy) is 1. The maximum Gasteiger partial charge on any atom is 0.408 e. The smallest absolute Gasteiger partial charge is 0.408 e. The van der Waals surface area contributed by atoms with E-state index in [1.165, 1.54) is 4.90 Å². The Morgan fingerprint density at radius 1 is 1.20 bits per heavy atom. The van der Waals surface area contributed by atoms with Crippen LogP contribution in [-0.4, -0.2) is 52.7 Å². The number of hydrazone groups is 1. The van der Waals surface area contributed by atoms with E-state index in [-0.39, 0.29) is 11.8 Å². The van der Waals surface area contributed by atoms with E-state index in [2.05, 4.69) is 15.8 Å². The molecule has 2 unspecified atom stereocenters. The Balaban J connectivity index is 2.18. The van der Waals surface area contributed by atoms with Gasteiger partial charge in [-0.25, -0.2) is 10.2 Å². The second kappa shape index (κ2) is 10.2. The number of benzene rings is 1. The van der Waals surface area contributed by atoms with Crippen molar-refractivity contribution in [1.82, 2.24) is 15.6 Å². The van der Waals surface area contributed by atoms with Crippen LogP contribution < -0.4 is 10.7 Å². The van der Waals surface area contributed by atoms with Crippen molar-refractivity contribution < 1.29 is 19.1 Å². The van der Waals surface area contributed by atoms with E-state index >= 15 is 0 Å². The Kier molecular flexibility index (Phi) is 7.97. The standard InChI is InChI=1S/C22H32N4O4/c1-15(2)24-25-19(27)18-12-9-13-26(18)20(28)17(14-16-10-7-6-8-11-16)23-21(29)30-22(3,4)5/h6-8,10-11,17-18H,9,12-14H2,1-5H3,(H,23,29)(H,25,27). The number of carbonyl (C=O) groups is 3. The third kappa shape index (κ3) is 7.17. The van der Waals surface area contributed by atoms with E-state index in [1.807, 2.05) is 30.3 Å². The van der Waals surface area contributed by atoms with Crippen LogP contribution in [0.4, 0.5) is 4.79 Å². The average molecular weight is 417 g/mol. The van der Waals surface area contributed by atoms with Crippen LogP contribution in [0.1, 0.15) is 53.0 Å². The van der Waals surface area contributed by atoms with Gasteiger partial charge < -0.3 is 15.0 Å². The highest BCUT2D eigenvalue weighted by atomic mass is 16.6. The molecule has 1 saturated heterocycles. The first-order valence-electron chi connectivity index (χ1n) is 10.2. The van der Waals surface area contributed by atoms with Gasteiger partial charge in [0.15, 0.2) is 0 Å². The highest BCUT2D eigenvalue weighted by Crippen LogP contribution is 2.20. The molecule has 2 atom stereocenters. The molecule has 1 fully saturated rings. The van der Waals surface area contributed by atoms with Gasteiger partial charge in [-0.15, -0.1) is 0 Å². The van der Waals surface area contributed by atoms with Crippen LogP contribution in [0.5, 0.6) is 0 Å². The quantitative estimate of drug-likeness (QED) is 0.550. The summed E-state index contributed by atoms with van der Waals surface area (Å²) in [5, 5.41) is 6.65. The summed E-state index contributed by atoms with van der Waals surface area (Å²) in [6.07, 6.45) is 0.905. The molecule has 1 heterocycles. The topological polar surface area (TPSA) is 100 Å². The molecule has 2 N–H and O–H groups in total. The van der Waals surface area contributed by atoms with Crippen molar-refractivity contribution in [3.63, 3.8) is 0 Å². The second-order valence-electron chi connectivity index (χ2n) is 8.61. The molecule has 1 aliphatic rings. The Labute approximate surface area is 178 Å². The first kappa shape index (κ1) is 23.4. The van der Waals surface area contributed by atoms with Gasteiger partial charge in [-0.1, -0.05) is 30.3 Å². The van der Waals surface area contributed by atoms with Crippen molar-refractivity contribution >= 4 is 23.6 Å². The molecule has 0 bridgehead atoms. The van der Waals surface area contributed by atoms with Gasteiger partial charge >= 0.3 is 6.09 Å².